The van der Waals surface area contributed by atoms with Crippen LogP contribution >= 0.6 is 11.6 Å². The molecule has 0 spiro atoms. The zero-order valence-electron chi connectivity index (χ0n) is 14.9. The van der Waals surface area contributed by atoms with Gasteiger partial charge < -0.3 is 9.31 Å². The minimum atomic E-state index is -2.35. The van der Waals surface area contributed by atoms with Crippen molar-refractivity contribution < 1.29 is 13.4 Å². The van der Waals surface area contributed by atoms with E-state index in [4.69, 9.17) is 25.0 Å². The summed E-state index contributed by atoms with van der Waals surface area (Å²) in [5.41, 5.74) is 0.177. The van der Waals surface area contributed by atoms with E-state index in [1.165, 1.54) is 6.20 Å². The van der Waals surface area contributed by atoms with Crippen LogP contribution in [0.4, 0.5) is 0 Å². The van der Waals surface area contributed by atoms with Gasteiger partial charge in [0.05, 0.1) is 27.9 Å². The number of rotatable bonds is 1. The molecular formula is C14H18BClN2O2. The summed E-state index contributed by atoms with van der Waals surface area (Å²) in [5, 5.41) is 4.90. The normalized spacial score (nSPS) is 23.6. The fourth-order valence-electron chi connectivity index (χ4n) is 2.24. The Morgan fingerprint density at radius 1 is 1.25 bits per heavy atom. The number of hydrogen-bond donors (Lipinski definition) is 0. The van der Waals surface area contributed by atoms with Crippen LogP contribution in [0.25, 0.3) is 10.9 Å². The van der Waals surface area contributed by atoms with Gasteiger partial charge >= 0.3 is 7.12 Å². The first-order valence-electron chi connectivity index (χ1n) is 7.96. The van der Waals surface area contributed by atoms with Crippen molar-refractivity contribution in [2.75, 3.05) is 0 Å². The third kappa shape index (κ3) is 1.88. The molecule has 3 rings (SSSR count). The average molecular weight is 296 g/mol. The monoisotopic (exact) mass is 295 g/mol. The minimum absolute atomic E-state index is 0.400. The fourth-order valence-corrected chi connectivity index (χ4v) is 2.53. The smallest absolute Gasteiger partial charge is 0.399 e. The molecule has 0 atom stereocenters. The first-order chi connectivity index (χ1) is 10.4. The van der Waals surface area contributed by atoms with Crippen LogP contribution in [0, 0.1) is 0 Å². The van der Waals surface area contributed by atoms with Crippen molar-refractivity contribution in [3.63, 3.8) is 0 Å². The van der Waals surface area contributed by atoms with Crippen molar-refractivity contribution in [3.05, 3.63) is 23.4 Å². The molecule has 0 amide bonds. The second kappa shape index (κ2) is 4.23. The van der Waals surface area contributed by atoms with Gasteiger partial charge in [0, 0.05) is 21.9 Å². The number of fused-ring (bicyclic) bond motifs is 1. The summed E-state index contributed by atoms with van der Waals surface area (Å²) >= 11 is 6.47. The summed E-state index contributed by atoms with van der Waals surface area (Å²) < 4.78 is 35.5. The number of benzene rings is 1. The van der Waals surface area contributed by atoms with Crippen molar-refractivity contribution in [1.29, 1.82) is 0 Å². The Balaban J connectivity index is 2.07. The quantitative estimate of drug-likeness (QED) is 0.759. The van der Waals surface area contributed by atoms with Crippen LogP contribution in [0.15, 0.2) is 18.3 Å². The summed E-state index contributed by atoms with van der Waals surface area (Å²) in [6.45, 7) is 5.51. The highest BCUT2D eigenvalue weighted by molar-refractivity contribution is 6.66. The predicted molar refractivity (Wildman–Crippen MR) is 81.4 cm³/mol. The molecule has 0 saturated carbocycles. The Labute approximate surface area is 128 Å². The zero-order chi connectivity index (χ0) is 17.2. The van der Waals surface area contributed by atoms with Gasteiger partial charge in [-0.05, 0) is 33.8 Å². The minimum Gasteiger partial charge on any atom is -0.399 e. The molecule has 106 valence electrons. The van der Waals surface area contributed by atoms with Gasteiger partial charge in [0.25, 0.3) is 0 Å². The Morgan fingerprint density at radius 2 is 1.90 bits per heavy atom. The van der Waals surface area contributed by atoms with E-state index in [0.29, 0.717) is 21.4 Å². The molecule has 0 N–H and O–H groups in total. The van der Waals surface area contributed by atoms with Crippen molar-refractivity contribution in [3.8, 4) is 0 Å². The van der Waals surface area contributed by atoms with Crippen LogP contribution < -0.4 is 5.46 Å². The van der Waals surface area contributed by atoms with Gasteiger partial charge in [-0.2, -0.15) is 5.10 Å². The van der Waals surface area contributed by atoms with Crippen LogP contribution in [-0.4, -0.2) is 28.1 Å². The first-order valence-corrected chi connectivity index (χ1v) is 6.84. The molecular weight excluding hydrogens is 274 g/mol. The van der Waals surface area contributed by atoms with E-state index in [1.807, 2.05) is 27.7 Å². The number of aryl methyl sites for hydroxylation is 1. The average Bonchev–Trinajstić information content (AvgIpc) is 2.89. The highest BCUT2D eigenvalue weighted by Crippen LogP contribution is 2.37. The second-order valence-corrected chi connectivity index (χ2v) is 6.42. The summed E-state index contributed by atoms with van der Waals surface area (Å²) in [4.78, 5) is 0. The lowest BCUT2D eigenvalue weighted by Gasteiger charge is -2.32. The molecule has 2 aromatic rings. The summed E-state index contributed by atoms with van der Waals surface area (Å²) in [7, 11) is -0.604. The number of nitrogens with zero attached hydrogens (tertiary/aromatic N) is 2. The lowest BCUT2D eigenvalue weighted by molar-refractivity contribution is 0.00578. The van der Waals surface area contributed by atoms with Gasteiger partial charge in [0.1, 0.15) is 0 Å². The Bertz CT molecular complexity index is 757. The maximum absolute atomic E-state index is 7.51. The maximum Gasteiger partial charge on any atom is 0.496 e. The predicted octanol–water partition coefficient (Wildman–Crippen LogP) is 2.53. The molecule has 1 fully saturated rings. The topological polar surface area (TPSA) is 36.3 Å². The van der Waals surface area contributed by atoms with Gasteiger partial charge in [-0.3, -0.25) is 4.68 Å². The molecule has 1 aromatic carbocycles. The molecule has 1 aliphatic rings. The second-order valence-electron chi connectivity index (χ2n) is 6.05. The van der Waals surface area contributed by atoms with Crippen LogP contribution in [0.3, 0.4) is 0 Å². The number of halogens is 1. The molecule has 0 aliphatic carbocycles. The summed E-state index contributed by atoms with van der Waals surface area (Å²) in [6.07, 6.45) is 1.46. The molecule has 0 radical (unpaired) electrons. The molecule has 6 heteroatoms. The molecule has 2 heterocycles. The van der Waals surface area contributed by atoms with Crippen molar-refractivity contribution in [2.24, 2.45) is 6.98 Å². The molecule has 0 bridgehead atoms. The third-order valence-corrected chi connectivity index (χ3v) is 4.65. The number of hydrogen-bond acceptors (Lipinski definition) is 3. The Hall–Kier alpha value is -1.04. The van der Waals surface area contributed by atoms with Crippen LogP contribution in [-0.2, 0) is 16.3 Å². The van der Waals surface area contributed by atoms with E-state index in [0.717, 1.165) is 4.68 Å². The maximum atomic E-state index is 7.51. The first kappa shape index (κ1) is 10.7. The van der Waals surface area contributed by atoms with Crippen molar-refractivity contribution in [2.45, 2.75) is 38.9 Å². The zero-order valence-corrected chi connectivity index (χ0v) is 12.7. The van der Waals surface area contributed by atoms with E-state index in [2.05, 4.69) is 5.10 Å². The highest BCUT2D eigenvalue weighted by Gasteiger charge is 2.52. The van der Waals surface area contributed by atoms with Gasteiger partial charge in [0.15, 0.2) is 0 Å². The molecule has 0 unspecified atom stereocenters. The van der Waals surface area contributed by atoms with Gasteiger partial charge in [-0.25, -0.2) is 0 Å². The molecule has 1 saturated heterocycles. The molecule has 1 aliphatic heterocycles. The van der Waals surface area contributed by atoms with Crippen molar-refractivity contribution >= 4 is 35.1 Å². The van der Waals surface area contributed by atoms with Gasteiger partial charge in [0.2, 0.25) is 0 Å². The third-order valence-electron chi connectivity index (χ3n) is 4.22. The van der Waals surface area contributed by atoms with Gasteiger partial charge in [-0.15, -0.1) is 0 Å². The summed E-state index contributed by atoms with van der Waals surface area (Å²) in [6, 6.07) is 3.41. The largest absolute Gasteiger partial charge is 0.496 e. The Kier molecular flexibility index (Phi) is 2.25. The lowest BCUT2D eigenvalue weighted by Crippen LogP contribution is -2.41. The summed E-state index contributed by atoms with van der Waals surface area (Å²) in [5.74, 6) is 0. The lowest BCUT2D eigenvalue weighted by atomic mass is 9.78. The van der Waals surface area contributed by atoms with Crippen LogP contribution in [0.1, 0.15) is 31.8 Å². The number of aromatic nitrogens is 2. The highest BCUT2D eigenvalue weighted by atomic mass is 35.5. The SMILES string of the molecule is [2H]C([2H])([2H])n1ncc2c(Cl)c(B3OC(C)(C)C(C)(C)O3)ccc21. The fraction of sp³-hybridized carbons (Fsp3) is 0.500. The van der Waals surface area contributed by atoms with Crippen LogP contribution in [0.5, 0.6) is 0 Å². The standard InChI is InChI=1S/C14H18BClN2O2/c1-13(2)14(3,4)20-15(19-13)10-6-7-11-9(12(10)16)8-17-18(11)5/h6-8H,1-5H3/i5D3. The van der Waals surface area contributed by atoms with E-state index in [1.54, 1.807) is 12.1 Å². The molecule has 1 aromatic heterocycles. The van der Waals surface area contributed by atoms with Gasteiger partial charge in [-0.1, -0.05) is 17.7 Å². The van der Waals surface area contributed by atoms with E-state index >= 15 is 0 Å². The molecule has 4 nitrogen and oxygen atoms in total. The van der Waals surface area contributed by atoms with E-state index in [-0.39, 0.29) is 0 Å². The molecule has 20 heavy (non-hydrogen) atoms. The van der Waals surface area contributed by atoms with E-state index in [9.17, 15) is 0 Å². The Morgan fingerprint density at radius 3 is 2.50 bits per heavy atom. The van der Waals surface area contributed by atoms with Crippen LogP contribution in [0.2, 0.25) is 5.02 Å². The van der Waals surface area contributed by atoms with E-state index < -0.39 is 25.3 Å². The van der Waals surface area contributed by atoms with Crippen molar-refractivity contribution in [1.82, 2.24) is 9.78 Å².